The van der Waals surface area contributed by atoms with Crippen molar-refractivity contribution in [1.29, 1.82) is 0 Å². The van der Waals surface area contributed by atoms with E-state index in [1.807, 2.05) is 6.92 Å². The molecule has 0 radical (unpaired) electrons. The minimum absolute atomic E-state index is 0.333. The van der Waals surface area contributed by atoms with Crippen molar-refractivity contribution in [2.45, 2.75) is 46.1 Å². The summed E-state index contributed by atoms with van der Waals surface area (Å²) in [5, 5.41) is 0. The fourth-order valence-corrected chi connectivity index (χ4v) is 3.12. The van der Waals surface area contributed by atoms with E-state index in [2.05, 4.69) is 23.6 Å². The number of nitrogens with zero attached hydrogens (tertiary/aromatic N) is 2. The Kier molecular flexibility index (Phi) is 3.24. The summed E-state index contributed by atoms with van der Waals surface area (Å²) in [7, 11) is 0. The van der Waals surface area contributed by atoms with Gasteiger partial charge in [-0.15, -0.1) is 0 Å². The van der Waals surface area contributed by atoms with Crippen molar-refractivity contribution in [1.82, 2.24) is 9.80 Å². The fraction of sp³-hybridized carbons (Fsp3) is 0.923. The number of carbonyl (C=O) groups excluding carboxylic acids is 1. The van der Waals surface area contributed by atoms with Gasteiger partial charge in [-0.1, -0.05) is 6.92 Å². The summed E-state index contributed by atoms with van der Waals surface area (Å²) in [6.07, 6.45) is 3.14. The van der Waals surface area contributed by atoms with Crippen molar-refractivity contribution < 1.29 is 4.79 Å². The Morgan fingerprint density at radius 2 is 1.94 bits per heavy atom. The predicted octanol–water partition coefficient (Wildman–Crippen LogP) is 1.73. The van der Waals surface area contributed by atoms with E-state index < -0.39 is 0 Å². The SMILES string of the molecule is CCC(=O)N1CCC2(CCN(C(C)C)C2)C1. The summed E-state index contributed by atoms with van der Waals surface area (Å²) < 4.78 is 0. The van der Waals surface area contributed by atoms with Crippen LogP contribution in [-0.2, 0) is 4.79 Å². The molecule has 0 aliphatic carbocycles. The molecule has 0 N–H and O–H groups in total. The standard InChI is InChI=1S/C13H24N2O/c1-4-12(16)15-8-6-13(10-15)5-7-14(9-13)11(2)3/h11H,4-10H2,1-3H3. The van der Waals surface area contributed by atoms with Crippen molar-refractivity contribution in [3.63, 3.8) is 0 Å². The second-order valence-electron chi connectivity index (χ2n) is 5.73. The first-order chi connectivity index (χ1) is 7.56. The van der Waals surface area contributed by atoms with Gasteiger partial charge in [0.25, 0.3) is 0 Å². The lowest BCUT2D eigenvalue weighted by Crippen LogP contribution is -2.35. The van der Waals surface area contributed by atoms with E-state index in [0.29, 0.717) is 23.8 Å². The Bertz CT molecular complexity index is 277. The highest BCUT2D eigenvalue weighted by Crippen LogP contribution is 2.40. The molecule has 2 rings (SSSR count). The average molecular weight is 224 g/mol. The molecule has 1 unspecified atom stereocenters. The molecule has 3 heteroatoms. The summed E-state index contributed by atoms with van der Waals surface area (Å²) in [6, 6.07) is 0.648. The van der Waals surface area contributed by atoms with E-state index in [4.69, 9.17) is 0 Å². The number of hydrogen-bond donors (Lipinski definition) is 0. The monoisotopic (exact) mass is 224 g/mol. The van der Waals surface area contributed by atoms with E-state index in [9.17, 15) is 4.79 Å². The van der Waals surface area contributed by atoms with Crippen LogP contribution < -0.4 is 0 Å². The summed E-state index contributed by atoms with van der Waals surface area (Å²) in [5.41, 5.74) is 0.426. The molecule has 0 aromatic rings. The Labute approximate surface area is 98.8 Å². The molecular weight excluding hydrogens is 200 g/mol. The Morgan fingerprint density at radius 3 is 2.50 bits per heavy atom. The Hall–Kier alpha value is -0.570. The highest BCUT2D eigenvalue weighted by Gasteiger charge is 2.44. The highest BCUT2D eigenvalue weighted by atomic mass is 16.2. The topological polar surface area (TPSA) is 23.6 Å². The molecule has 0 saturated carbocycles. The van der Waals surface area contributed by atoms with Gasteiger partial charge in [-0.05, 0) is 33.2 Å². The first-order valence-corrected chi connectivity index (χ1v) is 6.58. The second kappa shape index (κ2) is 4.36. The lowest BCUT2D eigenvalue weighted by Gasteiger charge is -2.26. The summed E-state index contributed by atoms with van der Waals surface area (Å²) in [5.74, 6) is 0.333. The summed E-state index contributed by atoms with van der Waals surface area (Å²) in [6.45, 7) is 10.9. The summed E-state index contributed by atoms with van der Waals surface area (Å²) in [4.78, 5) is 16.3. The minimum atomic E-state index is 0.333. The first-order valence-electron chi connectivity index (χ1n) is 6.58. The molecule has 0 aromatic carbocycles. The van der Waals surface area contributed by atoms with Crippen LogP contribution in [0.4, 0.5) is 0 Å². The average Bonchev–Trinajstić information content (AvgIpc) is 2.86. The van der Waals surface area contributed by atoms with Crippen LogP contribution in [0.2, 0.25) is 0 Å². The highest BCUT2D eigenvalue weighted by molar-refractivity contribution is 5.76. The van der Waals surface area contributed by atoms with Crippen LogP contribution in [0.3, 0.4) is 0 Å². The normalized spacial score (nSPS) is 30.9. The third-order valence-electron chi connectivity index (χ3n) is 4.29. The molecule has 2 aliphatic rings. The number of likely N-dealkylation sites (tertiary alicyclic amines) is 2. The van der Waals surface area contributed by atoms with Gasteiger partial charge >= 0.3 is 0 Å². The molecule has 2 saturated heterocycles. The third kappa shape index (κ3) is 2.10. The third-order valence-corrected chi connectivity index (χ3v) is 4.29. The summed E-state index contributed by atoms with van der Waals surface area (Å²) >= 11 is 0. The number of carbonyl (C=O) groups is 1. The van der Waals surface area contributed by atoms with Crippen LogP contribution in [0.15, 0.2) is 0 Å². The van der Waals surface area contributed by atoms with E-state index in [1.165, 1.54) is 25.9 Å². The van der Waals surface area contributed by atoms with Gasteiger partial charge in [0, 0.05) is 37.5 Å². The van der Waals surface area contributed by atoms with Crippen molar-refractivity contribution >= 4 is 5.91 Å². The zero-order chi connectivity index (χ0) is 11.8. The largest absolute Gasteiger partial charge is 0.342 e. The molecule has 1 atom stereocenters. The number of rotatable bonds is 2. The van der Waals surface area contributed by atoms with Gasteiger partial charge in [-0.2, -0.15) is 0 Å². The molecule has 0 aromatic heterocycles. The van der Waals surface area contributed by atoms with Crippen molar-refractivity contribution in [2.75, 3.05) is 26.2 Å². The van der Waals surface area contributed by atoms with Gasteiger partial charge in [0.15, 0.2) is 0 Å². The van der Waals surface area contributed by atoms with E-state index in [-0.39, 0.29) is 0 Å². The molecule has 2 aliphatic heterocycles. The zero-order valence-electron chi connectivity index (χ0n) is 10.8. The van der Waals surface area contributed by atoms with Crippen molar-refractivity contribution in [3.8, 4) is 0 Å². The molecule has 2 fully saturated rings. The van der Waals surface area contributed by atoms with Crippen LogP contribution in [0, 0.1) is 5.41 Å². The fourth-order valence-electron chi connectivity index (χ4n) is 3.12. The van der Waals surface area contributed by atoms with Crippen molar-refractivity contribution in [2.24, 2.45) is 5.41 Å². The van der Waals surface area contributed by atoms with E-state index >= 15 is 0 Å². The molecule has 0 bridgehead atoms. The molecule has 3 nitrogen and oxygen atoms in total. The maximum absolute atomic E-state index is 11.7. The molecule has 16 heavy (non-hydrogen) atoms. The lowest BCUT2D eigenvalue weighted by molar-refractivity contribution is -0.130. The van der Waals surface area contributed by atoms with E-state index in [1.54, 1.807) is 0 Å². The van der Waals surface area contributed by atoms with Crippen LogP contribution in [0.5, 0.6) is 0 Å². The van der Waals surface area contributed by atoms with Gasteiger partial charge in [-0.3, -0.25) is 4.79 Å². The zero-order valence-corrected chi connectivity index (χ0v) is 10.8. The quantitative estimate of drug-likeness (QED) is 0.713. The Balaban J connectivity index is 1.95. The maximum Gasteiger partial charge on any atom is 0.222 e. The van der Waals surface area contributed by atoms with Gasteiger partial charge in [0.1, 0.15) is 0 Å². The van der Waals surface area contributed by atoms with E-state index in [0.717, 1.165) is 13.1 Å². The van der Waals surface area contributed by atoms with Crippen molar-refractivity contribution in [3.05, 3.63) is 0 Å². The van der Waals surface area contributed by atoms with Gasteiger partial charge in [0.05, 0.1) is 0 Å². The smallest absolute Gasteiger partial charge is 0.222 e. The van der Waals surface area contributed by atoms with Crippen LogP contribution in [0.25, 0.3) is 0 Å². The van der Waals surface area contributed by atoms with Crippen LogP contribution in [-0.4, -0.2) is 47.9 Å². The van der Waals surface area contributed by atoms with Crippen LogP contribution in [0.1, 0.15) is 40.0 Å². The molecule has 1 spiro atoms. The number of amides is 1. The number of hydrogen-bond acceptors (Lipinski definition) is 2. The maximum atomic E-state index is 11.7. The van der Waals surface area contributed by atoms with Gasteiger partial charge in [-0.25, -0.2) is 0 Å². The molecule has 1 amide bonds. The van der Waals surface area contributed by atoms with Gasteiger partial charge in [0.2, 0.25) is 5.91 Å². The molecule has 2 heterocycles. The predicted molar refractivity (Wildman–Crippen MR) is 65.2 cm³/mol. The molecule has 92 valence electrons. The Morgan fingerprint density at radius 1 is 1.25 bits per heavy atom. The minimum Gasteiger partial charge on any atom is -0.342 e. The van der Waals surface area contributed by atoms with Gasteiger partial charge < -0.3 is 9.80 Å². The second-order valence-corrected chi connectivity index (χ2v) is 5.73. The lowest BCUT2D eigenvalue weighted by atomic mass is 9.86. The first kappa shape index (κ1) is 11.9. The van der Waals surface area contributed by atoms with Crippen LogP contribution >= 0.6 is 0 Å². The molecular formula is C13H24N2O.